The van der Waals surface area contributed by atoms with E-state index in [1.54, 1.807) is 16.8 Å². The molecule has 8 nitrogen and oxygen atoms in total. The van der Waals surface area contributed by atoms with Crippen molar-refractivity contribution < 1.29 is 14.4 Å². The van der Waals surface area contributed by atoms with Crippen molar-refractivity contribution in [2.24, 2.45) is 5.73 Å². The van der Waals surface area contributed by atoms with Crippen LogP contribution < -0.4 is 11.1 Å². The molecule has 1 aromatic heterocycles. The first-order valence-corrected chi connectivity index (χ1v) is 12.4. The van der Waals surface area contributed by atoms with Crippen molar-refractivity contribution in [2.75, 3.05) is 33.2 Å². The maximum absolute atomic E-state index is 13.8. The highest BCUT2D eigenvalue weighted by Crippen LogP contribution is 2.37. The van der Waals surface area contributed by atoms with Gasteiger partial charge in [0.15, 0.2) is 5.01 Å². The Kier molecular flexibility index (Phi) is 7.89. The number of carbonyl (C=O) groups is 3. The summed E-state index contributed by atoms with van der Waals surface area (Å²) in [5.74, 6) is -0.629. The lowest BCUT2D eigenvalue weighted by Crippen LogP contribution is -2.52. The van der Waals surface area contributed by atoms with Crippen LogP contribution in [0.3, 0.4) is 0 Å². The van der Waals surface area contributed by atoms with E-state index in [1.807, 2.05) is 60.7 Å². The molecule has 0 spiro atoms. The van der Waals surface area contributed by atoms with Crippen molar-refractivity contribution in [1.29, 1.82) is 0 Å². The Morgan fingerprint density at radius 1 is 1.03 bits per heavy atom. The first-order valence-electron chi connectivity index (χ1n) is 11.6. The summed E-state index contributed by atoms with van der Waals surface area (Å²) in [6.07, 6.45) is 1.16. The molecule has 0 saturated carbocycles. The van der Waals surface area contributed by atoms with E-state index in [0.29, 0.717) is 30.9 Å². The van der Waals surface area contributed by atoms with Crippen LogP contribution in [-0.2, 0) is 9.59 Å². The van der Waals surface area contributed by atoms with E-state index in [2.05, 4.69) is 5.32 Å². The summed E-state index contributed by atoms with van der Waals surface area (Å²) < 4.78 is 0. The molecule has 1 aliphatic heterocycles. The highest BCUT2D eigenvalue weighted by molar-refractivity contribution is 7.17. The van der Waals surface area contributed by atoms with Gasteiger partial charge in [0.05, 0.1) is 17.1 Å². The zero-order valence-corrected chi connectivity index (χ0v) is 20.5. The molecule has 3 N–H and O–H groups in total. The lowest BCUT2D eigenvalue weighted by molar-refractivity contribution is -0.131. The van der Waals surface area contributed by atoms with Gasteiger partial charge in [-0.25, -0.2) is 4.98 Å². The molecular weight excluding hydrogens is 462 g/mol. The second-order valence-corrected chi connectivity index (χ2v) is 9.35. The molecule has 0 radical (unpaired) electrons. The predicted molar refractivity (Wildman–Crippen MR) is 137 cm³/mol. The van der Waals surface area contributed by atoms with Gasteiger partial charge < -0.3 is 20.9 Å². The maximum atomic E-state index is 13.8. The number of benzene rings is 2. The Labute approximate surface area is 208 Å². The summed E-state index contributed by atoms with van der Waals surface area (Å²) in [6.45, 7) is 0.905. The number of likely N-dealkylation sites (N-methyl/N-ethyl adjacent to an activating group) is 1. The standard InChI is InChI=1S/C26H29N5O3S/c1-28-21(32)17-31(20-12-14-30(15-13-20)22(33)16-27)26(34)25-29-23(18-8-4-2-5-9-18)24(35-25)19-10-6-3-7-11-19/h2-11,20H,12-17,27H2,1H3,(H,28,32). The summed E-state index contributed by atoms with van der Waals surface area (Å²) in [7, 11) is 1.55. The summed E-state index contributed by atoms with van der Waals surface area (Å²) >= 11 is 1.34. The van der Waals surface area contributed by atoms with E-state index < -0.39 is 0 Å². The van der Waals surface area contributed by atoms with Crippen LogP contribution in [-0.4, -0.2) is 71.8 Å². The fraction of sp³-hybridized carbons (Fsp3) is 0.308. The Hall–Kier alpha value is -3.56. The molecule has 0 aliphatic carbocycles. The molecule has 1 saturated heterocycles. The van der Waals surface area contributed by atoms with Crippen molar-refractivity contribution >= 4 is 29.1 Å². The third-order valence-electron chi connectivity index (χ3n) is 6.18. The largest absolute Gasteiger partial charge is 0.358 e. The Bertz CT molecular complexity index is 1120. The first-order chi connectivity index (χ1) is 17.0. The number of thiazole rings is 1. The molecule has 3 aromatic rings. The predicted octanol–water partition coefficient (Wildman–Crippen LogP) is 2.62. The van der Waals surface area contributed by atoms with E-state index in [-0.39, 0.29) is 36.9 Å². The monoisotopic (exact) mass is 491 g/mol. The summed E-state index contributed by atoms with van der Waals surface area (Å²) in [4.78, 5) is 47.1. The topological polar surface area (TPSA) is 109 Å². The van der Waals surface area contributed by atoms with Gasteiger partial charge in [-0.15, -0.1) is 11.3 Å². The van der Waals surface area contributed by atoms with Gasteiger partial charge in [-0.05, 0) is 18.4 Å². The SMILES string of the molecule is CNC(=O)CN(C(=O)c1nc(-c2ccccc2)c(-c2ccccc2)s1)C1CCN(C(=O)CN)CC1. The van der Waals surface area contributed by atoms with Gasteiger partial charge in [0.1, 0.15) is 6.54 Å². The molecule has 1 fully saturated rings. The number of piperidine rings is 1. The number of nitrogens with two attached hydrogens (primary N) is 1. The second kappa shape index (κ2) is 11.2. The zero-order valence-electron chi connectivity index (χ0n) is 19.6. The van der Waals surface area contributed by atoms with E-state index in [0.717, 1.165) is 21.7 Å². The number of nitrogens with one attached hydrogen (secondary N) is 1. The van der Waals surface area contributed by atoms with E-state index in [1.165, 1.54) is 11.3 Å². The van der Waals surface area contributed by atoms with Crippen LogP contribution in [0.15, 0.2) is 60.7 Å². The summed E-state index contributed by atoms with van der Waals surface area (Å²) in [6, 6.07) is 19.5. The van der Waals surface area contributed by atoms with Gasteiger partial charge in [0, 0.05) is 31.7 Å². The van der Waals surface area contributed by atoms with Crippen molar-refractivity contribution in [3.63, 3.8) is 0 Å². The lowest BCUT2D eigenvalue weighted by Gasteiger charge is -2.37. The molecule has 1 aliphatic rings. The molecule has 35 heavy (non-hydrogen) atoms. The van der Waals surface area contributed by atoms with Crippen LogP contribution >= 0.6 is 11.3 Å². The quantitative estimate of drug-likeness (QED) is 0.528. The fourth-order valence-electron chi connectivity index (χ4n) is 4.27. The molecule has 3 amide bonds. The fourth-order valence-corrected chi connectivity index (χ4v) is 5.32. The average molecular weight is 492 g/mol. The highest BCUT2D eigenvalue weighted by Gasteiger charge is 2.33. The van der Waals surface area contributed by atoms with Gasteiger partial charge in [-0.2, -0.15) is 0 Å². The minimum Gasteiger partial charge on any atom is -0.358 e. The van der Waals surface area contributed by atoms with Crippen LogP contribution in [0, 0.1) is 0 Å². The second-order valence-electron chi connectivity index (χ2n) is 8.35. The normalized spacial score (nSPS) is 13.9. The van der Waals surface area contributed by atoms with Crippen molar-refractivity contribution in [3.8, 4) is 21.7 Å². The first kappa shape index (κ1) is 24.6. The number of amides is 3. The van der Waals surface area contributed by atoms with Crippen LogP contribution in [0.4, 0.5) is 0 Å². The van der Waals surface area contributed by atoms with Crippen molar-refractivity contribution in [2.45, 2.75) is 18.9 Å². The highest BCUT2D eigenvalue weighted by atomic mass is 32.1. The molecule has 4 rings (SSSR count). The molecular formula is C26H29N5O3S. The minimum absolute atomic E-state index is 0.0325. The van der Waals surface area contributed by atoms with E-state index in [4.69, 9.17) is 10.7 Å². The molecule has 0 unspecified atom stereocenters. The Morgan fingerprint density at radius 3 is 2.20 bits per heavy atom. The van der Waals surface area contributed by atoms with Gasteiger partial charge in [-0.3, -0.25) is 14.4 Å². The number of rotatable bonds is 7. The third-order valence-corrected chi connectivity index (χ3v) is 7.27. The van der Waals surface area contributed by atoms with Gasteiger partial charge in [0.25, 0.3) is 5.91 Å². The van der Waals surface area contributed by atoms with Gasteiger partial charge >= 0.3 is 0 Å². The molecule has 0 atom stereocenters. The maximum Gasteiger partial charge on any atom is 0.283 e. The van der Waals surface area contributed by atoms with Crippen molar-refractivity contribution in [3.05, 3.63) is 65.7 Å². The number of likely N-dealkylation sites (tertiary alicyclic amines) is 1. The van der Waals surface area contributed by atoms with Gasteiger partial charge in [-0.1, -0.05) is 60.7 Å². The molecule has 9 heteroatoms. The Balaban J connectivity index is 1.67. The number of carbonyl (C=O) groups excluding carboxylic acids is 3. The average Bonchev–Trinajstić information content (AvgIpc) is 3.37. The molecule has 0 bridgehead atoms. The van der Waals surface area contributed by atoms with Crippen molar-refractivity contribution in [1.82, 2.24) is 20.1 Å². The summed E-state index contributed by atoms with van der Waals surface area (Å²) in [5.41, 5.74) is 8.15. The lowest BCUT2D eigenvalue weighted by atomic mass is 10.0. The number of nitrogens with zero attached hydrogens (tertiary/aromatic N) is 3. The molecule has 2 aromatic carbocycles. The molecule has 2 heterocycles. The van der Waals surface area contributed by atoms with Crippen LogP contribution in [0.2, 0.25) is 0 Å². The van der Waals surface area contributed by atoms with Crippen LogP contribution in [0.1, 0.15) is 22.6 Å². The third kappa shape index (κ3) is 5.58. The zero-order chi connectivity index (χ0) is 24.8. The number of aromatic nitrogens is 1. The Morgan fingerprint density at radius 2 is 1.63 bits per heavy atom. The molecule has 182 valence electrons. The van der Waals surface area contributed by atoms with Crippen LogP contribution in [0.5, 0.6) is 0 Å². The minimum atomic E-state index is -0.276. The van der Waals surface area contributed by atoms with E-state index >= 15 is 0 Å². The number of hydrogen-bond donors (Lipinski definition) is 2. The smallest absolute Gasteiger partial charge is 0.283 e. The van der Waals surface area contributed by atoms with Gasteiger partial charge in [0.2, 0.25) is 11.8 Å². The van der Waals surface area contributed by atoms with E-state index in [9.17, 15) is 14.4 Å². The van der Waals surface area contributed by atoms with Crippen LogP contribution in [0.25, 0.3) is 21.7 Å². The summed E-state index contributed by atoms with van der Waals surface area (Å²) in [5, 5.41) is 2.95. The number of hydrogen-bond acceptors (Lipinski definition) is 6.